The highest BCUT2D eigenvalue weighted by atomic mass is 127. The molecule has 0 aliphatic carbocycles. The highest BCUT2D eigenvalue weighted by Gasteiger charge is 2.33. The smallest absolute Gasteiger partial charge is 0.258 e. The van der Waals surface area contributed by atoms with Crippen molar-refractivity contribution in [2.45, 2.75) is 0 Å². The molecule has 0 unspecified atom stereocenters. The number of nitro groups is 2. The van der Waals surface area contributed by atoms with E-state index in [4.69, 9.17) is 23.2 Å². The first-order valence-corrected chi connectivity index (χ1v) is 5.16. The Morgan fingerprint density at radius 3 is 1.93 bits per heavy atom. The number of rotatable bonds is 2. The van der Waals surface area contributed by atoms with Crippen molar-refractivity contribution in [3.63, 3.8) is 0 Å². The van der Waals surface area contributed by atoms with E-state index in [1.54, 1.807) is 22.6 Å². The van der Waals surface area contributed by atoms with Gasteiger partial charge in [0.15, 0.2) is 0 Å². The Bertz CT molecular complexity index is 465. The predicted molar refractivity (Wildman–Crippen MR) is 62.5 cm³/mol. The molecule has 6 nitrogen and oxygen atoms in total. The Labute approximate surface area is 107 Å². The van der Waals surface area contributed by atoms with Gasteiger partial charge >= 0.3 is 11.4 Å². The highest BCUT2D eigenvalue weighted by Crippen LogP contribution is 2.41. The molecule has 9 heteroatoms. The van der Waals surface area contributed by atoms with E-state index in [1.807, 2.05) is 0 Å². The predicted octanol–water partition coefficient (Wildman–Crippen LogP) is 3.41. The second-order valence-corrected chi connectivity index (χ2v) is 4.26. The van der Waals surface area contributed by atoms with Crippen molar-refractivity contribution in [2.75, 3.05) is 0 Å². The summed E-state index contributed by atoms with van der Waals surface area (Å²) >= 11 is 12.7. The molecule has 0 saturated carbocycles. The molecule has 80 valence electrons. The van der Waals surface area contributed by atoms with E-state index in [-0.39, 0.29) is 13.6 Å². The van der Waals surface area contributed by atoms with E-state index in [2.05, 4.69) is 0 Å². The van der Waals surface area contributed by atoms with E-state index in [9.17, 15) is 20.2 Å². The molecule has 0 saturated heterocycles. The van der Waals surface area contributed by atoms with Crippen LogP contribution in [0.4, 0.5) is 11.4 Å². The van der Waals surface area contributed by atoms with Crippen molar-refractivity contribution in [1.82, 2.24) is 0 Å². The maximum Gasteiger partial charge on any atom is 0.365 e. The summed E-state index contributed by atoms with van der Waals surface area (Å²) in [6.07, 6.45) is 0. The molecular formula is C6HCl2IN2O4. The molecule has 1 aromatic rings. The Kier molecular flexibility index (Phi) is 3.68. The second-order valence-electron chi connectivity index (χ2n) is 2.37. The lowest BCUT2D eigenvalue weighted by atomic mass is 10.3. The number of nitro benzene ring substituents is 2. The van der Waals surface area contributed by atoms with Crippen LogP contribution in [-0.2, 0) is 0 Å². The molecule has 0 atom stereocenters. The quantitative estimate of drug-likeness (QED) is 0.349. The van der Waals surface area contributed by atoms with Crippen LogP contribution < -0.4 is 0 Å². The zero-order valence-electron chi connectivity index (χ0n) is 6.74. The molecule has 0 aliphatic rings. The van der Waals surface area contributed by atoms with E-state index >= 15 is 0 Å². The fraction of sp³-hybridized carbons (Fsp3) is 0. The molecule has 0 fully saturated rings. The van der Waals surface area contributed by atoms with Crippen LogP contribution >= 0.6 is 45.8 Å². The molecule has 1 aromatic carbocycles. The van der Waals surface area contributed by atoms with Crippen LogP contribution in [0.2, 0.25) is 10.0 Å². The van der Waals surface area contributed by atoms with Crippen molar-refractivity contribution in [2.24, 2.45) is 0 Å². The van der Waals surface area contributed by atoms with Crippen molar-refractivity contribution in [3.05, 3.63) is 39.9 Å². The van der Waals surface area contributed by atoms with Gasteiger partial charge in [-0.2, -0.15) is 0 Å². The van der Waals surface area contributed by atoms with Crippen LogP contribution in [0.25, 0.3) is 0 Å². The lowest BCUT2D eigenvalue weighted by molar-refractivity contribution is -0.423. The topological polar surface area (TPSA) is 86.3 Å². The summed E-state index contributed by atoms with van der Waals surface area (Å²) < 4.78 is -0.00429. The van der Waals surface area contributed by atoms with Gasteiger partial charge in [-0.15, -0.1) is 0 Å². The highest BCUT2D eigenvalue weighted by molar-refractivity contribution is 14.1. The van der Waals surface area contributed by atoms with Crippen LogP contribution in [0.15, 0.2) is 6.07 Å². The van der Waals surface area contributed by atoms with Crippen molar-refractivity contribution < 1.29 is 9.85 Å². The first kappa shape index (κ1) is 12.4. The van der Waals surface area contributed by atoms with E-state index in [0.29, 0.717) is 0 Å². The molecule has 0 radical (unpaired) electrons. The van der Waals surface area contributed by atoms with Gasteiger partial charge in [0.25, 0.3) is 0 Å². The third kappa shape index (κ3) is 2.29. The molecule has 15 heavy (non-hydrogen) atoms. The van der Waals surface area contributed by atoms with Gasteiger partial charge in [0.05, 0.1) is 14.9 Å². The van der Waals surface area contributed by atoms with Crippen molar-refractivity contribution in [3.8, 4) is 0 Å². The van der Waals surface area contributed by atoms with Crippen LogP contribution in [0.3, 0.4) is 0 Å². The van der Waals surface area contributed by atoms with E-state index in [1.165, 1.54) is 0 Å². The van der Waals surface area contributed by atoms with Gasteiger partial charge in [-0.3, -0.25) is 20.2 Å². The standard InChI is InChI=1S/C6HCl2IN2O4/c7-2-1-3(8)5(10(12)13)6(4(2)9)11(14)15/h1H. The molecule has 1 rings (SSSR count). The number of halogens is 3. The number of nitrogens with zero attached hydrogens (tertiary/aromatic N) is 2. The minimum absolute atomic E-state index is 0.00429. The summed E-state index contributed by atoms with van der Waals surface area (Å²) in [6, 6.07) is 1.11. The summed E-state index contributed by atoms with van der Waals surface area (Å²) in [5.41, 5.74) is -1.42. The number of benzene rings is 1. The lowest BCUT2D eigenvalue weighted by Crippen LogP contribution is -2.00. The van der Waals surface area contributed by atoms with E-state index < -0.39 is 21.2 Å². The second kappa shape index (κ2) is 4.45. The Hall–Kier alpha value is -0.670. The van der Waals surface area contributed by atoms with Gasteiger partial charge in [0.1, 0.15) is 8.59 Å². The number of hydrogen-bond donors (Lipinski definition) is 0. The third-order valence-electron chi connectivity index (χ3n) is 1.49. The molecule has 0 aliphatic heterocycles. The maximum atomic E-state index is 10.6. The monoisotopic (exact) mass is 362 g/mol. The third-order valence-corrected chi connectivity index (χ3v) is 3.48. The van der Waals surface area contributed by atoms with Gasteiger partial charge in [-0.1, -0.05) is 23.2 Å². The summed E-state index contributed by atoms with van der Waals surface area (Å²) in [4.78, 5) is 19.4. The molecule has 0 amide bonds. The van der Waals surface area contributed by atoms with Crippen molar-refractivity contribution >= 4 is 57.2 Å². The van der Waals surface area contributed by atoms with Crippen LogP contribution in [0, 0.1) is 23.8 Å². The fourth-order valence-electron chi connectivity index (χ4n) is 0.913. The van der Waals surface area contributed by atoms with E-state index in [0.717, 1.165) is 6.07 Å². The zero-order valence-corrected chi connectivity index (χ0v) is 10.4. The molecule has 0 spiro atoms. The van der Waals surface area contributed by atoms with Gasteiger partial charge in [-0.05, 0) is 28.7 Å². The summed E-state index contributed by atoms with van der Waals surface area (Å²) in [5.74, 6) is 0. The molecule has 0 N–H and O–H groups in total. The largest absolute Gasteiger partial charge is 0.365 e. The van der Waals surface area contributed by atoms with Gasteiger partial charge < -0.3 is 0 Å². The fourth-order valence-corrected chi connectivity index (χ4v) is 2.04. The lowest BCUT2D eigenvalue weighted by Gasteiger charge is -2.01. The minimum Gasteiger partial charge on any atom is -0.258 e. The van der Waals surface area contributed by atoms with Crippen LogP contribution in [-0.4, -0.2) is 9.85 Å². The summed E-state index contributed by atoms with van der Waals surface area (Å²) in [6.45, 7) is 0. The first-order valence-electron chi connectivity index (χ1n) is 3.32. The summed E-state index contributed by atoms with van der Waals surface area (Å²) in [5, 5.41) is 20.9. The Morgan fingerprint density at radius 1 is 1.07 bits per heavy atom. The molecular weight excluding hydrogens is 362 g/mol. The normalized spacial score (nSPS) is 10.1. The molecule has 0 bridgehead atoms. The minimum atomic E-state index is -0.904. The number of hydrogen-bond acceptors (Lipinski definition) is 4. The Balaban J connectivity index is 3.69. The maximum absolute atomic E-state index is 10.6. The van der Waals surface area contributed by atoms with Crippen LogP contribution in [0.1, 0.15) is 0 Å². The van der Waals surface area contributed by atoms with Crippen molar-refractivity contribution in [1.29, 1.82) is 0 Å². The first-order chi connectivity index (χ1) is 6.86. The summed E-state index contributed by atoms with van der Waals surface area (Å²) in [7, 11) is 0. The SMILES string of the molecule is O=[N+]([O-])c1c(Cl)cc(Cl)c(I)c1[N+](=O)[O-]. The van der Waals surface area contributed by atoms with Gasteiger partial charge in [0, 0.05) is 0 Å². The molecule has 0 aromatic heterocycles. The van der Waals surface area contributed by atoms with Gasteiger partial charge in [0.2, 0.25) is 0 Å². The zero-order chi connectivity index (χ0) is 11.7. The van der Waals surface area contributed by atoms with Crippen LogP contribution in [0.5, 0.6) is 0 Å². The average molecular weight is 363 g/mol. The Morgan fingerprint density at radius 2 is 1.53 bits per heavy atom. The molecule has 0 heterocycles. The average Bonchev–Trinajstić information content (AvgIpc) is 2.09. The van der Waals surface area contributed by atoms with Gasteiger partial charge in [-0.25, -0.2) is 0 Å².